The number of carbonyl (C=O) groups excluding carboxylic acids is 2. The largest absolute Gasteiger partial charge is 0.350 e. The van der Waals surface area contributed by atoms with Crippen LogP contribution in [-0.2, 0) is 26.2 Å². The molecule has 2 aromatic carbocycles. The van der Waals surface area contributed by atoms with E-state index < -0.39 is 21.6 Å². The van der Waals surface area contributed by atoms with Gasteiger partial charge in [0, 0.05) is 29.5 Å². The molecule has 0 saturated carbocycles. The van der Waals surface area contributed by atoms with E-state index in [9.17, 15) is 18.0 Å². The van der Waals surface area contributed by atoms with Gasteiger partial charge in [-0.15, -0.1) is 0 Å². The smallest absolute Gasteiger partial charge is 0.242 e. The molecule has 9 heteroatoms. The number of nitrogens with one attached hydrogen (secondary N) is 1. The summed E-state index contributed by atoms with van der Waals surface area (Å²) in [5.74, 6) is -0.444. The SMILES string of the molecule is Cc1cccc(N(CCCC(=O)N(Cc2cccc(Br)c2)[C@@H](C)C(=O)NC(C)(C)C)S(C)(=O)=O)c1C. The van der Waals surface area contributed by atoms with Gasteiger partial charge in [0.15, 0.2) is 0 Å². The van der Waals surface area contributed by atoms with Gasteiger partial charge in [-0.2, -0.15) is 0 Å². The molecule has 2 aromatic rings. The van der Waals surface area contributed by atoms with Gasteiger partial charge >= 0.3 is 0 Å². The van der Waals surface area contributed by atoms with Crippen molar-refractivity contribution in [1.82, 2.24) is 10.2 Å². The molecule has 0 heterocycles. The third-order valence-electron chi connectivity index (χ3n) is 5.90. The summed E-state index contributed by atoms with van der Waals surface area (Å²) in [6.45, 7) is 11.7. The summed E-state index contributed by atoms with van der Waals surface area (Å²) in [5.41, 5.74) is 2.96. The Bertz CT molecular complexity index is 1190. The Balaban J connectivity index is 2.23. The molecule has 2 rings (SSSR count). The summed E-state index contributed by atoms with van der Waals surface area (Å²) in [7, 11) is -3.54. The van der Waals surface area contributed by atoms with E-state index in [-0.39, 0.29) is 31.3 Å². The number of sulfonamides is 1. The van der Waals surface area contributed by atoms with E-state index in [0.29, 0.717) is 12.1 Å². The van der Waals surface area contributed by atoms with E-state index in [1.807, 2.05) is 71.0 Å². The Morgan fingerprint density at radius 3 is 2.31 bits per heavy atom. The summed E-state index contributed by atoms with van der Waals surface area (Å²) in [4.78, 5) is 27.9. The van der Waals surface area contributed by atoms with Gasteiger partial charge in [-0.3, -0.25) is 13.9 Å². The summed E-state index contributed by atoms with van der Waals surface area (Å²) in [5, 5.41) is 2.95. The molecule has 0 saturated heterocycles. The van der Waals surface area contributed by atoms with Gasteiger partial charge < -0.3 is 10.2 Å². The maximum atomic E-state index is 13.4. The highest BCUT2D eigenvalue weighted by Gasteiger charge is 2.29. The molecular weight excluding hydrogens is 542 g/mol. The number of benzene rings is 2. The van der Waals surface area contributed by atoms with E-state index in [4.69, 9.17) is 0 Å². The zero-order chi connectivity index (χ0) is 27.3. The zero-order valence-corrected chi connectivity index (χ0v) is 24.7. The molecule has 0 aromatic heterocycles. The van der Waals surface area contributed by atoms with Crippen molar-refractivity contribution in [2.24, 2.45) is 0 Å². The summed E-state index contributed by atoms with van der Waals surface area (Å²) in [6.07, 6.45) is 1.61. The van der Waals surface area contributed by atoms with Crippen LogP contribution in [0.2, 0.25) is 0 Å². The normalized spacial score (nSPS) is 12.7. The average molecular weight is 581 g/mol. The number of nitrogens with zero attached hydrogens (tertiary/aromatic N) is 2. The number of hydrogen-bond acceptors (Lipinski definition) is 4. The van der Waals surface area contributed by atoms with E-state index in [2.05, 4.69) is 21.2 Å². The Labute approximate surface area is 224 Å². The highest BCUT2D eigenvalue weighted by atomic mass is 79.9. The van der Waals surface area contributed by atoms with Crippen LogP contribution in [0, 0.1) is 13.8 Å². The highest BCUT2D eigenvalue weighted by molar-refractivity contribution is 9.10. The van der Waals surface area contributed by atoms with Gasteiger partial charge in [-0.05, 0) is 82.9 Å². The van der Waals surface area contributed by atoms with E-state index in [0.717, 1.165) is 21.2 Å². The summed E-state index contributed by atoms with van der Waals surface area (Å²) < 4.78 is 27.4. The van der Waals surface area contributed by atoms with Crippen molar-refractivity contribution >= 4 is 43.5 Å². The fourth-order valence-corrected chi connectivity index (χ4v) is 5.34. The standard InChI is InChI=1S/C27H38BrN3O4S/c1-19-11-8-14-24(20(19)2)31(36(7,34)35)16-10-15-25(32)30(18-22-12-9-13-23(28)17-22)21(3)26(33)29-27(4,5)6/h8-9,11-14,17,21H,10,15-16,18H2,1-7H3,(H,29,33)/t21-/m0/s1. The minimum absolute atomic E-state index is 0.109. The Hall–Kier alpha value is -2.39. The minimum atomic E-state index is -3.54. The lowest BCUT2D eigenvalue weighted by Crippen LogP contribution is -2.52. The van der Waals surface area contributed by atoms with Crippen LogP contribution >= 0.6 is 15.9 Å². The first kappa shape index (κ1) is 29.8. The van der Waals surface area contributed by atoms with Gasteiger partial charge in [-0.1, -0.05) is 40.2 Å². The van der Waals surface area contributed by atoms with Crippen LogP contribution in [0.25, 0.3) is 0 Å². The number of amides is 2. The van der Waals surface area contributed by atoms with Crippen LogP contribution in [0.5, 0.6) is 0 Å². The Morgan fingerprint density at radius 2 is 1.72 bits per heavy atom. The van der Waals surface area contributed by atoms with Crippen LogP contribution in [-0.4, -0.2) is 49.5 Å². The predicted octanol–water partition coefficient (Wildman–Crippen LogP) is 4.94. The lowest BCUT2D eigenvalue weighted by atomic mass is 10.1. The van der Waals surface area contributed by atoms with E-state index in [1.54, 1.807) is 17.9 Å². The molecule has 0 spiro atoms. The number of hydrogen-bond donors (Lipinski definition) is 1. The van der Waals surface area contributed by atoms with Crippen LogP contribution in [0.4, 0.5) is 5.69 Å². The first-order valence-corrected chi connectivity index (χ1v) is 14.6. The van der Waals surface area contributed by atoms with E-state index >= 15 is 0 Å². The zero-order valence-electron chi connectivity index (χ0n) is 22.3. The molecule has 0 fully saturated rings. The van der Waals surface area contributed by atoms with Crippen molar-refractivity contribution in [3.05, 3.63) is 63.6 Å². The number of anilines is 1. The summed E-state index contributed by atoms with van der Waals surface area (Å²) >= 11 is 3.46. The maximum Gasteiger partial charge on any atom is 0.242 e. The molecule has 0 bridgehead atoms. The minimum Gasteiger partial charge on any atom is -0.350 e. The first-order chi connectivity index (χ1) is 16.6. The van der Waals surface area contributed by atoms with Crippen molar-refractivity contribution < 1.29 is 18.0 Å². The molecule has 1 N–H and O–H groups in total. The molecule has 198 valence electrons. The summed E-state index contributed by atoms with van der Waals surface area (Å²) in [6, 6.07) is 12.5. The lowest BCUT2D eigenvalue weighted by Gasteiger charge is -2.32. The van der Waals surface area contributed by atoms with Crippen LogP contribution in [0.15, 0.2) is 46.9 Å². The third-order valence-corrected chi connectivity index (χ3v) is 7.58. The second kappa shape index (κ2) is 12.2. The number of carbonyl (C=O) groups is 2. The van der Waals surface area contributed by atoms with Gasteiger partial charge in [0.2, 0.25) is 21.8 Å². The number of rotatable bonds is 10. The number of aryl methyl sites for hydroxylation is 1. The Kier molecular flexibility index (Phi) is 10.1. The van der Waals surface area contributed by atoms with Crippen LogP contribution < -0.4 is 9.62 Å². The quantitative estimate of drug-likeness (QED) is 0.431. The van der Waals surface area contributed by atoms with Gasteiger partial charge in [0.25, 0.3) is 0 Å². The lowest BCUT2D eigenvalue weighted by molar-refractivity contribution is -0.141. The second-order valence-electron chi connectivity index (χ2n) is 10.2. The molecule has 7 nitrogen and oxygen atoms in total. The van der Waals surface area contributed by atoms with Crippen molar-refractivity contribution in [2.45, 2.75) is 72.5 Å². The molecule has 0 aliphatic rings. The Morgan fingerprint density at radius 1 is 1.08 bits per heavy atom. The molecule has 0 aliphatic carbocycles. The third kappa shape index (κ3) is 8.62. The van der Waals surface area contributed by atoms with Gasteiger partial charge in [-0.25, -0.2) is 8.42 Å². The highest BCUT2D eigenvalue weighted by Crippen LogP contribution is 2.25. The topological polar surface area (TPSA) is 86.8 Å². The van der Waals surface area contributed by atoms with Crippen molar-refractivity contribution in [3.8, 4) is 0 Å². The molecule has 0 unspecified atom stereocenters. The molecule has 0 radical (unpaired) electrons. The average Bonchev–Trinajstić information content (AvgIpc) is 2.75. The van der Waals surface area contributed by atoms with Crippen molar-refractivity contribution in [1.29, 1.82) is 0 Å². The first-order valence-electron chi connectivity index (χ1n) is 12.0. The van der Waals surface area contributed by atoms with Crippen LogP contribution in [0.1, 0.15) is 57.2 Å². The molecule has 1 atom stereocenters. The fraction of sp³-hybridized carbons (Fsp3) is 0.481. The van der Waals surface area contributed by atoms with Gasteiger partial charge in [0.1, 0.15) is 6.04 Å². The molecular formula is C27H38BrN3O4S. The monoisotopic (exact) mass is 579 g/mol. The number of halogens is 1. The van der Waals surface area contributed by atoms with Crippen LogP contribution in [0.3, 0.4) is 0 Å². The fourth-order valence-electron chi connectivity index (χ4n) is 3.88. The van der Waals surface area contributed by atoms with Crippen molar-refractivity contribution in [3.63, 3.8) is 0 Å². The molecule has 0 aliphatic heterocycles. The van der Waals surface area contributed by atoms with E-state index in [1.165, 1.54) is 10.6 Å². The second-order valence-corrected chi connectivity index (χ2v) is 13.0. The maximum absolute atomic E-state index is 13.4. The predicted molar refractivity (Wildman–Crippen MR) is 149 cm³/mol. The van der Waals surface area contributed by atoms with Crippen molar-refractivity contribution in [2.75, 3.05) is 17.1 Å². The molecule has 36 heavy (non-hydrogen) atoms. The van der Waals surface area contributed by atoms with Gasteiger partial charge in [0.05, 0.1) is 11.9 Å². The molecule has 2 amide bonds.